The van der Waals surface area contributed by atoms with Crippen molar-refractivity contribution in [1.29, 1.82) is 0 Å². The molecule has 1 aliphatic rings. The van der Waals surface area contributed by atoms with Crippen LogP contribution in [0, 0.1) is 5.41 Å². The molecule has 2 rings (SSSR count). The van der Waals surface area contributed by atoms with Crippen molar-refractivity contribution in [3.63, 3.8) is 0 Å². The molecule has 0 spiro atoms. The Balaban J connectivity index is 2.06. The fraction of sp³-hybridized carbons (Fsp3) is 0.647. The molecule has 1 atom stereocenters. The van der Waals surface area contributed by atoms with Crippen molar-refractivity contribution in [1.82, 2.24) is 10.2 Å². The molecule has 1 aliphatic heterocycles. The van der Waals surface area contributed by atoms with Crippen molar-refractivity contribution in [2.45, 2.75) is 39.7 Å². The molecule has 19 heavy (non-hydrogen) atoms. The summed E-state index contributed by atoms with van der Waals surface area (Å²) in [5.41, 5.74) is 1.92. The normalized spacial score (nSPS) is 20.6. The van der Waals surface area contributed by atoms with E-state index >= 15 is 0 Å². The predicted octanol–water partition coefficient (Wildman–Crippen LogP) is 3.46. The van der Waals surface area contributed by atoms with Gasteiger partial charge in [-0.2, -0.15) is 0 Å². The number of rotatable bonds is 6. The maximum absolute atomic E-state index is 3.60. The van der Waals surface area contributed by atoms with E-state index in [1.165, 1.54) is 31.5 Å². The molecule has 0 bridgehead atoms. The number of hydrogen-bond acceptors (Lipinski definition) is 2. The lowest BCUT2D eigenvalue weighted by atomic mass is 9.93. The summed E-state index contributed by atoms with van der Waals surface area (Å²) in [6.07, 6.45) is 2.51. The van der Waals surface area contributed by atoms with Gasteiger partial charge in [-0.05, 0) is 36.9 Å². The van der Waals surface area contributed by atoms with Gasteiger partial charge in [0.15, 0.2) is 0 Å². The van der Waals surface area contributed by atoms with Gasteiger partial charge in [0.1, 0.15) is 0 Å². The van der Waals surface area contributed by atoms with Crippen LogP contribution in [0.2, 0.25) is 0 Å². The first-order chi connectivity index (χ1) is 9.12. The molecule has 1 aromatic rings. The molecule has 1 fully saturated rings. The third-order valence-electron chi connectivity index (χ3n) is 4.10. The number of nitrogens with zero attached hydrogens (tertiary/aromatic N) is 1. The molecular formula is C17H28N2. The van der Waals surface area contributed by atoms with Crippen LogP contribution in [0.4, 0.5) is 0 Å². The number of benzene rings is 1. The Labute approximate surface area is 118 Å². The van der Waals surface area contributed by atoms with Crippen LogP contribution in [-0.4, -0.2) is 31.1 Å². The number of nitrogens with one attached hydrogen (secondary N) is 1. The SMILES string of the molecule is CCCNCC(c1ccccc1)N1CCC(C)(C)C1. The molecule has 1 heterocycles. The summed E-state index contributed by atoms with van der Waals surface area (Å²) in [5, 5.41) is 3.60. The van der Waals surface area contributed by atoms with E-state index in [-0.39, 0.29) is 0 Å². The largest absolute Gasteiger partial charge is 0.315 e. The van der Waals surface area contributed by atoms with Gasteiger partial charge in [-0.1, -0.05) is 51.1 Å². The van der Waals surface area contributed by atoms with Crippen molar-refractivity contribution in [3.05, 3.63) is 35.9 Å². The summed E-state index contributed by atoms with van der Waals surface area (Å²) < 4.78 is 0. The van der Waals surface area contributed by atoms with Gasteiger partial charge in [0, 0.05) is 19.1 Å². The Hall–Kier alpha value is -0.860. The topological polar surface area (TPSA) is 15.3 Å². The summed E-state index contributed by atoms with van der Waals surface area (Å²) in [6, 6.07) is 11.5. The quantitative estimate of drug-likeness (QED) is 0.788. The van der Waals surface area contributed by atoms with Crippen molar-refractivity contribution >= 4 is 0 Å². The summed E-state index contributed by atoms with van der Waals surface area (Å²) in [7, 11) is 0. The molecule has 1 saturated heterocycles. The Bertz CT molecular complexity index is 372. The Morgan fingerprint density at radius 1 is 1.26 bits per heavy atom. The second kappa shape index (κ2) is 6.53. The lowest BCUT2D eigenvalue weighted by Crippen LogP contribution is -2.35. The van der Waals surface area contributed by atoms with Crippen molar-refractivity contribution in [3.8, 4) is 0 Å². The first kappa shape index (κ1) is 14.5. The minimum atomic E-state index is 0.470. The molecule has 2 heteroatoms. The van der Waals surface area contributed by atoms with Gasteiger partial charge < -0.3 is 5.32 Å². The van der Waals surface area contributed by atoms with Gasteiger partial charge in [-0.25, -0.2) is 0 Å². The van der Waals surface area contributed by atoms with Gasteiger partial charge in [-0.15, -0.1) is 0 Å². The second-order valence-electron chi connectivity index (χ2n) is 6.52. The summed E-state index contributed by atoms with van der Waals surface area (Å²) in [5.74, 6) is 0. The zero-order valence-corrected chi connectivity index (χ0v) is 12.7. The fourth-order valence-corrected chi connectivity index (χ4v) is 2.97. The predicted molar refractivity (Wildman–Crippen MR) is 82.3 cm³/mol. The van der Waals surface area contributed by atoms with Gasteiger partial charge in [-0.3, -0.25) is 4.90 Å². The second-order valence-corrected chi connectivity index (χ2v) is 6.52. The Morgan fingerprint density at radius 3 is 2.58 bits per heavy atom. The minimum Gasteiger partial charge on any atom is -0.315 e. The zero-order valence-electron chi connectivity index (χ0n) is 12.7. The molecule has 1 N–H and O–H groups in total. The van der Waals surface area contributed by atoms with Crippen LogP contribution in [0.5, 0.6) is 0 Å². The third kappa shape index (κ3) is 4.05. The van der Waals surface area contributed by atoms with Crippen LogP contribution in [0.1, 0.15) is 45.2 Å². The molecule has 0 aliphatic carbocycles. The fourth-order valence-electron chi connectivity index (χ4n) is 2.97. The molecule has 1 aromatic carbocycles. The molecule has 0 saturated carbocycles. The van der Waals surface area contributed by atoms with E-state index in [0.29, 0.717) is 11.5 Å². The maximum Gasteiger partial charge on any atom is 0.0472 e. The highest BCUT2D eigenvalue weighted by Crippen LogP contribution is 2.34. The molecule has 1 unspecified atom stereocenters. The van der Waals surface area contributed by atoms with E-state index in [4.69, 9.17) is 0 Å². The van der Waals surface area contributed by atoms with Crippen molar-refractivity contribution < 1.29 is 0 Å². The van der Waals surface area contributed by atoms with Crippen LogP contribution in [0.3, 0.4) is 0 Å². The highest BCUT2D eigenvalue weighted by atomic mass is 15.2. The molecule has 0 radical (unpaired) electrons. The summed E-state index contributed by atoms with van der Waals surface area (Å²) in [4.78, 5) is 2.65. The van der Waals surface area contributed by atoms with E-state index in [9.17, 15) is 0 Å². The van der Waals surface area contributed by atoms with E-state index in [2.05, 4.69) is 61.3 Å². The number of likely N-dealkylation sites (tertiary alicyclic amines) is 1. The maximum atomic E-state index is 3.60. The average Bonchev–Trinajstić information content (AvgIpc) is 2.76. The monoisotopic (exact) mass is 260 g/mol. The highest BCUT2D eigenvalue weighted by molar-refractivity contribution is 5.20. The first-order valence-electron chi connectivity index (χ1n) is 7.62. The average molecular weight is 260 g/mol. The van der Waals surface area contributed by atoms with Crippen LogP contribution in [-0.2, 0) is 0 Å². The Kier molecular flexibility index (Phi) is 5.00. The van der Waals surface area contributed by atoms with Gasteiger partial charge >= 0.3 is 0 Å². The smallest absolute Gasteiger partial charge is 0.0472 e. The van der Waals surface area contributed by atoms with Gasteiger partial charge in [0.05, 0.1) is 0 Å². The van der Waals surface area contributed by atoms with E-state index < -0.39 is 0 Å². The van der Waals surface area contributed by atoms with Crippen LogP contribution >= 0.6 is 0 Å². The van der Waals surface area contributed by atoms with Crippen LogP contribution < -0.4 is 5.32 Å². The van der Waals surface area contributed by atoms with E-state index in [1.54, 1.807) is 0 Å². The van der Waals surface area contributed by atoms with Gasteiger partial charge in [0.2, 0.25) is 0 Å². The molecule has 2 nitrogen and oxygen atoms in total. The standard InChI is InChI=1S/C17H28N2/c1-4-11-18-13-16(15-8-6-5-7-9-15)19-12-10-17(2,3)14-19/h5-9,16,18H,4,10-14H2,1-3H3. The van der Waals surface area contributed by atoms with Crippen molar-refractivity contribution in [2.75, 3.05) is 26.2 Å². The van der Waals surface area contributed by atoms with Crippen molar-refractivity contribution in [2.24, 2.45) is 5.41 Å². The first-order valence-corrected chi connectivity index (χ1v) is 7.62. The minimum absolute atomic E-state index is 0.470. The highest BCUT2D eigenvalue weighted by Gasteiger charge is 2.33. The molecule has 0 amide bonds. The van der Waals surface area contributed by atoms with Gasteiger partial charge in [0.25, 0.3) is 0 Å². The van der Waals surface area contributed by atoms with E-state index in [1.807, 2.05) is 0 Å². The number of hydrogen-bond donors (Lipinski definition) is 1. The van der Waals surface area contributed by atoms with Crippen LogP contribution in [0.25, 0.3) is 0 Å². The Morgan fingerprint density at radius 2 is 2.00 bits per heavy atom. The molecule has 0 aromatic heterocycles. The van der Waals surface area contributed by atoms with E-state index in [0.717, 1.165) is 13.1 Å². The van der Waals surface area contributed by atoms with Crippen LogP contribution in [0.15, 0.2) is 30.3 Å². The molecular weight excluding hydrogens is 232 g/mol. The summed E-state index contributed by atoms with van der Waals surface area (Å²) in [6.45, 7) is 11.6. The zero-order chi connectivity index (χ0) is 13.7. The molecule has 106 valence electrons. The lowest BCUT2D eigenvalue weighted by molar-refractivity contribution is 0.214. The lowest BCUT2D eigenvalue weighted by Gasteiger charge is -2.30. The summed E-state index contributed by atoms with van der Waals surface area (Å²) >= 11 is 0. The third-order valence-corrected chi connectivity index (χ3v) is 4.10.